The van der Waals surface area contributed by atoms with Crippen LogP contribution in [0.2, 0.25) is 0 Å². The van der Waals surface area contributed by atoms with E-state index in [2.05, 4.69) is 13.1 Å². The highest BCUT2D eigenvalue weighted by Crippen LogP contribution is 2.66. The van der Waals surface area contributed by atoms with Crippen molar-refractivity contribution in [2.75, 3.05) is 6.61 Å². The fourth-order valence-corrected chi connectivity index (χ4v) is 4.83. The summed E-state index contributed by atoms with van der Waals surface area (Å²) in [7, 11) is -11.1. The van der Waals surface area contributed by atoms with Gasteiger partial charge in [-0.3, -0.25) is 4.52 Å². The van der Waals surface area contributed by atoms with E-state index in [0.717, 1.165) is 0 Å². The van der Waals surface area contributed by atoms with E-state index < -0.39 is 53.8 Å². The summed E-state index contributed by atoms with van der Waals surface area (Å²) in [6.07, 6.45) is 3.82. The van der Waals surface area contributed by atoms with Crippen molar-refractivity contribution in [2.45, 2.75) is 24.7 Å². The molecular formula is C8H13BFO11P3. The molecule has 0 aliphatic carbocycles. The fraction of sp³-hybridized carbons (Fsp3) is 0.750. The Labute approximate surface area is 137 Å². The molecule has 1 fully saturated rings. The number of ether oxygens (including phenoxy) is 1. The molecule has 2 unspecified atom stereocenters. The minimum absolute atomic E-state index is 0.827. The van der Waals surface area contributed by atoms with Crippen molar-refractivity contribution >= 4 is 31.3 Å². The van der Waals surface area contributed by atoms with Crippen molar-refractivity contribution in [3.8, 4) is 12.3 Å². The topological polar surface area (TPSA) is 169 Å². The maximum Gasteiger partial charge on any atom is 0.490 e. The zero-order valence-corrected chi connectivity index (χ0v) is 14.6. The third kappa shape index (κ3) is 5.73. The number of alkyl halides is 1. The molecule has 2 radical (unpaired) electrons. The highest BCUT2D eigenvalue weighted by Gasteiger charge is 2.52. The van der Waals surface area contributed by atoms with E-state index in [1.165, 1.54) is 6.92 Å². The molecule has 16 heteroatoms. The Kier molecular flexibility index (Phi) is 6.66. The average Bonchev–Trinajstić information content (AvgIpc) is 2.57. The second kappa shape index (κ2) is 7.27. The first-order chi connectivity index (χ1) is 10.6. The van der Waals surface area contributed by atoms with Crippen molar-refractivity contribution in [1.82, 2.24) is 0 Å². The minimum Gasteiger partial charge on any atom is -0.378 e. The van der Waals surface area contributed by atoms with Gasteiger partial charge in [0, 0.05) is 5.92 Å². The van der Waals surface area contributed by atoms with Gasteiger partial charge < -0.3 is 24.3 Å². The molecule has 0 aromatic carbocycles. The van der Waals surface area contributed by atoms with Gasteiger partial charge in [-0.1, -0.05) is 12.8 Å². The van der Waals surface area contributed by atoms with Gasteiger partial charge in [-0.25, -0.2) is 18.1 Å². The van der Waals surface area contributed by atoms with Crippen LogP contribution in [0.25, 0.3) is 0 Å². The Bertz CT molecular complexity index is 660. The second-order valence-electron chi connectivity index (χ2n) is 4.68. The zero-order chi connectivity index (χ0) is 19.0. The maximum absolute atomic E-state index is 14.3. The number of halogens is 1. The van der Waals surface area contributed by atoms with Crippen LogP contribution in [-0.4, -0.2) is 51.8 Å². The Hall–Kier alpha value is -0.0751. The molecule has 1 aliphatic rings. The van der Waals surface area contributed by atoms with Crippen LogP contribution < -0.4 is 0 Å². The molecule has 0 bridgehead atoms. The molecule has 1 saturated heterocycles. The summed E-state index contributed by atoms with van der Waals surface area (Å²) in [5.74, 6) is 0.740. The van der Waals surface area contributed by atoms with Crippen LogP contribution >= 0.6 is 23.5 Å². The Morgan fingerprint density at radius 2 is 1.79 bits per heavy atom. The quantitative estimate of drug-likeness (QED) is 0.258. The summed E-state index contributed by atoms with van der Waals surface area (Å²) in [5.41, 5.74) is -2.37. The normalized spacial score (nSPS) is 35.8. The molecule has 136 valence electrons. The van der Waals surface area contributed by atoms with Gasteiger partial charge in [0.15, 0.2) is 5.67 Å². The SMILES string of the molecule is [B][C@@H]1O[C@H](COP(=O)(O)OP(=O)(O)OP(=O)(O)O)[C@@H](C)[C@]1(F)C#C. The molecule has 0 aromatic heterocycles. The fourth-order valence-electron chi connectivity index (χ4n) is 1.80. The number of terminal acetylenes is 1. The Balaban J connectivity index is 2.70. The first-order valence-electron chi connectivity index (χ1n) is 5.98. The molecule has 0 aromatic rings. The van der Waals surface area contributed by atoms with Crippen molar-refractivity contribution in [3.63, 3.8) is 0 Å². The second-order valence-corrected chi connectivity index (χ2v) is 9.10. The van der Waals surface area contributed by atoms with Crippen LogP contribution in [0.3, 0.4) is 0 Å². The van der Waals surface area contributed by atoms with Gasteiger partial charge in [-0.05, 0) is 0 Å². The molecule has 11 nitrogen and oxygen atoms in total. The van der Waals surface area contributed by atoms with Gasteiger partial charge in [0.05, 0.1) is 18.7 Å². The smallest absolute Gasteiger partial charge is 0.378 e. The van der Waals surface area contributed by atoms with Crippen molar-refractivity contribution in [3.05, 3.63) is 0 Å². The first kappa shape index (κ1) is 22.0. The van der Waals surface area contributed by atoms with E-state index in [9.17, 15) is 23.0 Å². The summed E-state index contributed by atoms with van der Waals surface area (Å²) in [6.45, 7) is 0.462. The van der Waals surface area contributed by atoms with E-state index >= 15 is 0 Å². The van der Waals surface area contributed by atoms with E-state index in [1.807, 2.05) is 0 Å². The lowest BCUT2D eigenvalue weighted by molar-refractivity contribution is 0.0244. The highest BCUT2D eigenvalue weighted by molar-refractivity contribution is 7.66. The molecule has 0 saturated carbocycles. The van der Waals surface area contributed by atoms with Gasteiger partial charge in [-0.15, -0.1) is 6.42 Å². The largest absolute Gasteiger partial charge is 0.490 e. The summed E-state index contributed by atoms with van der Waals surface area (Å²) in [5, 5.41) is 0. The van der Waals surface area contributed by atoms with Crippen LogP contribution in [0.5, 0.6) is 0 Å². The predicted molar refractivity (Wildman–Crippen MR) is 76.1 cm³/mol. The monoisotopic (exact) mass is 408 g/mol. The van der Waals surface area contributed by atoms with Gasteiger partial charge >= 0.3 is 23.5 Å². The maximum atomic E-state index is 14.3. The van der Waals surface area contributed by atoms with Crippen LogP contribution in [0.15, 0.2) is 0 Å². The van der Waals surface area contributed by atoms with Crippen molar-refractivity contribution in [2.24, 2.45) is 5.92 Å². The lowest BCUT2D eigenvalue weighted by atomic mass is 9.78. The standard InChI is InChI=1S/C8H13BFO11P3/c1-3-8(10)5(2)6(19-7(8)9)4-18-23(14,15)21-24(16,17)20-22(11,12)13/h1,5-7H,4H2,2H3,(H,14,15)(H,16,17)(H2,11,12,13)/t5-,6-,7-,8-/m1/s1. The van der Waals surface area contributed by atoms with E-state index in [1.54, 1.807) is 5.92 Å². The van der Waals surface area contributed by atoms with E-state index in [0.29, 0.717) is 0 Å². The zero-order valence-electron chi connectivity index (χ0n) is 12.0. The van der Waals surface area contributed by atoms with Crippen LogP contribution in [0.4, 0.5) is 4.39 Å². The summed E-state index contributed by atoms with van der Waals surface area (Å²) in [4.78, 5) is 35.0. The highest BCUT2D eigenvalue weighted by atomic mass is 31.3. The van der Waals surface area contributed by atoms with Crippen LogP contribution in [0, 0.1) is 18.3 Å². The molecule has 4 N–H and O–H groups in total. The number of hydrogen-bond acceptors (Lipinski definition) is 7. The first-order valence-corrected chi connectivity index (χ1v) is 10.5. The van der Waals surface area contributed by atoms with Gasteiger partial charge in [-0.2, -0.15) is 8.62 Å². The average molecular weight is 408 g/mol. The summed E-state index contributed by atoms with van der Waals surface area (Å²) in [6, 6.07) is -1.54. The lowest BCUT2D eigenvalue weighted by Crippen LogP contribution is -2.37. The number of rotatable bonds is 7. The lowest BCUT2D eigenvalue weighted by Gasteiger charge is -2.22. The van der Waals surface area contributed by atoms with Gasteiger partial charge in [0.2, 0.25) is 0 Å². The molecular weight excluding hydrogens is 395 g/mol. The predicted octanol–water partition coefficient (Wildman–Crippen LogP) is 0.201. The van der Waals surface area contributed by atoms with E-state index in [4.69, 9.17) is 33.7 Å². The van der Waals surface area contributed by atoms with E-state index in [-0.39, 0.29) is 0 Å². The molecule has 1 aliphatic heterocycles. The van der Waals surface area contributed by atoms with Crippen molar-refractivity contribution < 1.29 is 55.5 Å². The van der Waals surface area contributed by atoms with Crippen molar-refractivity contribution in [1.29, 1.82) is 0 Å². The molecule has 0 spiro atoms. The van der Waals surface area contributed by atoms with Crippen LogP contribution in [-0.2, 0) is 31.6 Å². The number of phosphoric acid groups is 3. The molecule has 1 rings (SSSR count). The third-order valence-electron chi connectivity index (χ3n) is 2.99. The summed E-state index contributed by atoms with van der Waals surface area (Å²) >= 11 is 0. The van der Waals surface area contributed by atoms with Gasteiger partial charge in [0.1, 0.15) is 7.85 Å². The van der Waals surface area contributed by atoms with Gasteiger partial charge in [0.25, 0.3) is 0 Å². The minimum atomic E-state index is -5.63. The van der Waals surface area contributed by atoms with Crippen LogP contribution in [0.1, 0.15) is 6.92 Å². The molecule has 6 atom stereocenters. The Morgan fingerprint density at radius 1 is 1.25 bits per heavy atom. The molecule has 1 heterocycles. The number of hydrogen-bond donors (Lipinski definition) is 4. The molecule has 24 heavy (non-hydrogen) atoms. The number of phosphoric ester groups is 1. The molecule has 0 amide bonds. The third-order valence-corrected chi connectivity index (χ3v) is 6.80. The summed E-state index contributed by atoms with van der Waals surface area (Å²) < 4.78 is 63.7. The Morgan fingerprint density at radius 3 is 2.21 bits per heavy atom.